The lowest BCUT2D eigenvalue weighted by atomic mass is 10.0. The molecule has 0 aliphatic carbocycles. The average molecular weight is 743 g/mol. The van der Waals surface area contributed by atoms with E-state index in [1.807, 2.05) is 12.1 Å². The minimum absolute atomic E-state index is 0.0521. The number of esters is 2. The number of aryl methyl sites for hydroxylation is 1. The molecule has 2 aromatic rings. The van der Waals surface area contributed by atoms with E-state index in [1.165, 1.54) is 50.1 Å². The molecule has 0 saturated heterocycles. The summed E-state index contributed by atoms with van der Waals surface area (Å²) in [5.41, 5.74) is 1.47. The predicted octanol–water partition coefficient (Wildman–Crippen LogP) is 8.82. The Morgan fingerprint density at radius 1 is 0.925 bits per heavy atom. The van der Waals surface area contributed by atoms with E-state index in [0.717, 1.165) is 50.2 Å². The summed E-state index contributed by atoms with van der Waals surface area (Å²) in [6.07, 6.45) is 19.3. The highest BCUT2D eigenvalue weighted by atomic mass is 16.9. The number of hydrogen-bond donors (Lipinski definition) is 1. The second-order valence-electron chi connectivity index (χ2n) is 12.0. The number of likely N-dealkylation sites (N-methyl/N-ethyl adjacent to an activating group) is 1. The lowest BCUT2D eigenvalue weighted by Crippen LogP contribution is -2.34. The summed E-state index contributed by atoms with van der Waals surface area (Å²) in [5.74, 6) is 1.06. The van der Waals surface area contributed by atoms with Crippen LogP contribution in [0.15, 0.2) is 66.8 Å². The van der Waals surface area contributed by atoms with Crippen LogP contribution >= 0.6 is 0 Å². The number of ether oxygens (including phenoxy) is 4. The van der Waals surface area contributed by atoms with Crippen molar-refractivity contribution in [1.82, 2.24) is 5.32 Å². The van der Waals surface area contributed by atoms with Crippen molar-refractivity contribution in [3.8, 4) is 17.2 Å². The number of benzene rings is 2. The highest BCUT2D eigenvalue weighted by molar-refractivity contribution is 5.90. The van der Waals surface area contributed by atoms with Crippen LogP contribution in [0.2, 0.25) is 0 Å². The molecule has 0 saturated carbocycles. The molecule has 0 bridgehead atoms. The van der Waals surface area contributed by atoms with E-state index >= 15 is 0 Å². The number of carbonyl (C=O) groups is 3. The van der Waals surface area contributed by atoms with Gasteiger partial charge in [-0.3, -0.25) is 0 Å². The maximum Gasteiger partial charge on any atom is 0.338 e. The van der Waals surface area contributed by atoms with E-state index in [0.29, 0.717) is 19.3 Å². The Morgan fingerprint density at radius 3 is 2.30 bits per heavy atom. The maximum absolute atomic E-state index is 12.0. The third-order valence-electron chi connectivity index (χ3n) is 7.59. The van der Waals surface area contributed by atoms with E-state index in [9.17, 15) is 24.5 Å². The second-order valence-corrected chi connectivity index (χ2v) is 12.0. The molecule has 2 atom stereocenters. The summed E-state index contributed by atoms with van der Waals surface area (Å²) < 4.78 is 21.2. The van der Waals surface area contributed by atoms with Crippen molar-refractivity contribution in [2.45, 2.75) is 105 Å². The molecule has 296 valence electrons. The van der Waals surface area contributed by atoms with E-state index in [4.69, 9.17) is 18.9 Å². The Morgan fingerprint density at radius 2 is 1.68 bits per heavy atom. The number of nitrogens with zero attached hydrogens (tertiary/aromatic N) is 1. The quantitative estimate of drug-likeness (QED) is 0.0209. The molecule has 1 N–H and O–H groups in total. The van der Waals surface area contributed by atoms with Gasteiger partial charge in [-0.25, -0.2) is 9.59 Å². The molecule has 12 heteroatoms. The molecule has 0 fully saturated rings. The van der Waals surface area contributed by atoms with Gasteiger partial charge in [0.1, 0.15) is 18.1 Å². The monoisotopic (exact) mass is 742 g/mol. The van der Waals surface area contributed by atoms with Gasteiger partial charge in [-0.15, -0.1) is 10.1 Å². The number of nitrogens with one attached hydrogen (secondary N) is 1. The van der Waals surface area contributed by atoms with Crippen molar-refractivity contribution in [3.63, 3.8) is 0 Å². The molecule has 12 nitrogen and oxygen atoms in total. The Balaban J connectivity index is 0.000000863. The molecule has 0 radical (unpaired) electrons. The van der Waals surface area contributed by atoms with Crippen molar-refractivity contribution in [1.29, 1.82) is 0 Å². The van der Waals surface area contributed by atoms with E-state index in [-0.39, 0.29) is 30.3 Å². The van der Waals surface area contributed by atoms with Crippen LogP contribution in [-0.2, 0) is 19.2 Å². The van der Waals surface area contributed by atoms with Crippen LogP contribution in [0.5, 0.6) is 17.2 Å². The van der Waals surface area contributed by atoms with Gasteiger partial charge in [0.15, 0.2) is 11.5 Å². The fraction of sp³-hybridized carbons (Fsp3) is 0.537. The maximum atomic E-state index is 12.0. The number of allylic oxidation sites excluding steroid dienone is 3. The summed E-state index contributed by atoms with van der Waals surface area (Å²) in [7, 11) is 3.02. The standard InChI is InChI=1S/C17H26O.C16H22N2O8.C8H14O/c1-4-9-16(5-2)11-6-7-13-18-17-12-8-10-15(3)14-17;1-11(17-2)15(19)26-13-7-6-12(10-14(13)23-3)16(20)24-8-4-5-9-25-18(21)22;1-2-3-4-5-6-7-8-9/h6,8,10-12,14,16H,4-5,7,9,13H2,1-3H3;6-7,10-11,17H,4-5,8-9H2,1-3H3;3-4,8H,2,5-7H2,1H3/b11-6+;;4-3-. The lowest BCUT2D eigenvalue weighted by Gasteiger charge is -2.13. The van der Waals surface area contributed by atoms with Crippen LogP contribution in [0.25, 0.3) is 0 Å². The van der Waals surface area contributed by atoms with Crippen LogP contribution in [-0.4, -0.2) is 63.3 Å². The second kappa shape index (κ2) is 32.0. The van der Waals surface area contributed by atoms with E-state index in [1.54, 1.807) is 14.0 Å². The highest BCUT2D eigenvalue weighted by Gasteiger charge is 2.18. The minimum Gasteiger partial charge on any atom is -0.493 e. The zero-order chi connectivity index (χ0) is 39.7. The van der Waals surface area contributed by atoms with Crippen LogP contribution in [0.3, 0.4) is 0 Å². The third kappa shape index (κ3) is 25.0. The number of aldehydes is 1. The predicted molar refractivity (Wildman–Crippen MR) is 208 cm³/mol. The van der Waals surface area contributed by atoms with Crippen LogP contribution in [0.1, 0.15) is 108 Å². The number of unbranched alkanes of at least 4 members (excludes halogenated alkanes) is 3. The first-order valence-corrected chi connectivity index (χ1v) is 18.5. The molecule has 2 aromatic carbocycles. The normalized spacial score (nSPS) is 11.7. The number of carbonyl (C=O) groups excluding carboxylic acids is 3. The van der Waals surface area contributed by atoms with Crippen molar-refractivity contribution in [2.24, 2.45) is 5.92 Å². The van der Waals surface area contributed by atoms with Gasteiger partial charge in [0.2, 0.25) is 0 Å². The SMILES string of the molecule is CC/C=C\CCCC=O.CCCC(/C=C/CCOc1cccc(C)c1)CC.CNC(C)C(=O)Oc1ccc(C(=O)OCCCCO[N+](=O)[O-])cc1OC. The third-order valence-corrected chi connectivity index (χ3v) is 7.59. The Labute approximate surface area is 316 Å². The van der Waals surface area contributed by atoms with Crippen LogP contribution in [0, 0.1) is 23.0 Å². The van der Waals surface area contributed by atoms with Gasteiger partial charge >= 0.3 is 11.9 Å². The molecule has 0 aliphatic rings. The topological polar surface area (TPSA) is 153 Å². The van der Waals surface area contributed by atoms with Crippen molar-refractivity contribution in [3.05, 3.63) is 88.0 Å². The summed E-state index contributed by atoms with van der Waals surface area (Å²) in [4.78, 5) is 47.8. The average Bonchev–Trinajstić information content (AvgIpc) is 3.15. The van der Waals surface area contributed by atoms with Gasteiger partial charge < -0.3 is 33.9 Å². The number of methoxy groups -OCH3 is 1. The van der Waals surface area contributed by atoms with Gasteiger partial charge in [0.05, 0.1) is 32.5 Å². The summed E-state index contributed by atoms with van der Waals surface area (Å²) in [6.45, 7) is 11.2. The Hall–Kier alpha value is -4.71. The van der Waals surface area contributed by atoms with Crippen molar-refractivity contribution >= 4 is 18.2 Å². The first-order valence-electron chi connectivity index (χ1n) is 18.5. The van der Waals surface area contributed by atoms with Crippen LogP contribution in [0.4, 0.5) is 0 Å². The highest BCUT2D eigenvalue weighted by Crippen LogP contribution is 2.29. The smallest absolute Gasteiger partial charge is 0.338 e. The summed E-state index contributed by atoms with van der Waals surface area (Å²) in [5, 5.41) is 11.9. The van der Waals surface area contributed by atoms with Gasteiger partial charge in [-0.05, 0) is 114 Å². The first kappa shape index (κ1) is 48.3. The molecule has 0 aromatic heterocycles. The molecular formula is C41H62N2O10. The van der Waals surface area contributed by atoms with Crippen molar-refractivity contribution in [2.75, 3.05) is 34.0 Å². The van der Waals surface area contributed by atoms with Crippen molar-refractivity contribution < 1.29 is 43.3 Å². The largest absolute Gasteiger partial charge is 0.493 e. The molecule has 2 rings (SSSR count). The molecule has 53 heavy (non-hydrogen) atoms. The first-order chi connectivity index (χ1) is 25.6. The molecule has 2 unspecified atom stereocenters. The number of rotatable bonds is 24. The fourth-order valence-electron chi connectivity index (χ4n) is 4.43. The minimum atomic E-state index is -0.871. The Kier molecular flexibility index (Phi) is 29.1. The number of hydrogen-bond acceptors (Lipinski definition) is 11. The molecule has 0 aliphatic heterocycles. The summed E-state index contributed by atoms with van der Waals surface area (Å²) in [6, 6.07) is 12.0. The zero-order valence-electron chi connectivity index (χ0n) is 32.8. The van der Waals surface area contributed by atoms with Gasteiger partial charge in [0, 0.05) is 6.42 Å². The molecule has 0 spiro atoms. The molecule has 0 amide bonds. The zero-order valence-corrected chi connectivity index (χ0v) is 32.8. The van der Waals surface area contributed by atoms with Gasteiger partial charge in [-0.1, -0.05) is 63.6 Å². The summed E-state index contributed by atoms with van der Waals surface area (Å²) >= 11 is 0. The fourth-order valence-corrected chi connectivity index (χ4v) is 4.43. The van der Waals surface area contributed by atoms with Crippen LogP contribution < -0.4 is 19.5 Å². The molecule has 0 heterocycles. The van der Waals surface area contributed by atoms with E-state index < -0.39 is 23.1 Å². The molecular weight excluding hydrogens is 680 g/mol. The van der Waals surface area contributed by atoms with Gasteiger partial charge in [0.25, 0.3) is 5.09 Å². The van der Waals surface area contributed by atoms with E-state index in [2.05, 4.69) is 74.3 Å². The van der Waals surface area contributed by atoms with Gasteiger partial charge in [-0.2, -0.15) is 0 Å². The Bertz CT molecular complexity index is 1360. The lowest BCUT2D eigenvalue weighted by molar-refractivity contribution is -0.757.